The predicted molar refractivity (Wildman–Crippen MR) is 135 cm³/mol. The molecule has 0 aliphatic carbocycles. The number of nitrogens with zero attached hydrogens (tertiary/aromatic N) is 1. The molecular weight excluding hydrogens is 462 g/mol. The van der Waals surface area contributed by atoms with Gasteiger partial charge in [-0.1, -0.05) is 72.8 Å². The second-order valence-corrected chi connectivity index (χ2v) is 9.47. The van der Waals surface area contributed by atoms with Crippen LogP contribution >= 0.6 is 11.8 Å². The Morgan fingerprint density at radius 1 is 0.971 bits per heavy atom. The van der Waals surface area contributed by atoms with Gasteiger partial charge in [0.05, 0.1) is 22.6 Å². The number of benzene rings is 3. The number of carboxylic acids is 1. The molecule has 0 saturated heterocycles. The van der Waals surface area contributed by atoms with E-state index in [1.165, 1.54) is 11.8 Å². The van der Waals surface area contributed by atoms with Crippen molar-refractivity contribution in [2.45, 2.75) is 23.5 Å². The third-order valence-corrected chi connectivity index (χ3v) is 7.24. The van der Waals surface area contributed by atoms with Gasteiger partial charge in [-0.15, -0.1) is 11.8 Å². The van der Waals surface area contributed by atoms with Gasteiger partial charge >= 0.3 is 5.97 Å². The fourth-order valence-electron chi connectivity index (χ4n) is 4.04. The van der Waals surface area contributed by atoms with Crippen LogP contribution in [0, 0.1) is 0 Å². The Kier molecular flexibility index (Phi) is 6.54. The number of rotatable bonds is 7. The van der Waals surface area contributed by atoms with Crippen molar-refractivity contribution >= 4 is 29.5 Å². The highest BCUT2D eigenvalue weighted by Gasteiger charge is 2.36. The molecule has 7 nitrogen and oxygen atoms in total. The van der Waals surface area contributed by atoms with Crippen molar-refractivity contribution in [3.05, 3.63) is 102 Å². The second kappa shape index (κ2) is 10.1. The molecule has 2 heterocycles. The van der Waals surface area contributed by atoms with Gasteiger partial charge in [-0.05, 0) is 28.8 Å². The van der Waals surface area contributed by atoms with E-state index in [1.807, 2.05) is 84.9 Å². The number of nitrogens with one attached hydrogen (secondary N) is 2. The number of aromatic nitrogens is 2. The molecule has 0 saturated carbocycles. The van der Waals surface area contributed by atoms with E-state index < -0.39 is 11.2 Å². The highest BCUT2D eigenvalue weighted by Crippen LogP contribution is 2.48. The Balaban J connectivity index is 1.48. The van der Waals surface area contributed by atoms with E-state index in [1.54, 1.807) is 0 Å². The van der Waals surface area contributed by atoms with E-state index in [2.05, 4.69) is 15.5 Å². The van der Waals surface area contributed by atoms with Gasteiger partial charge in [-0.25, -0.2) is 0 Å². The summed E-state index contributed by atoms with van der Waals surface area (Å²) in [5.74, 6) is -0.243. The molecule has 1 aliphatic rings. The van der Waals surface area contributed by atoms with Crippen molar-refractivity contribution in [3.8, 4) is 17.0 Å². The van der Waals surface area contributed by atoms with Crippen molar-refractivity contribution in [1.82, 2.24) is 10.2 Å². The number of thioether (sulfide) groups is 1. The molecule has 176 valence electrons. The second-order valence-electron chi connectivity index (χ2n) is 8.16. The summed E-state index contributed by atoms with van der Waals surface area (Å²) in [6.07, 6.45) is -0.278. The van der Waals surface area contributed by atoms with Crippen LogP contribution in [0.2, 0.25) is 0 Å². The smallest absolute Gasteiger partial charge is 0.305 e. The lowest BCUT2D eigenvalue weighted by molar-refractivity contribution is -0.138. The van der Waals surface area contributed by atoms with E-state index >= 15 is 0 Å². The zero-order valence-corrected chi connectivity index (χ0v) is 19.5. The molecule has 8 heteroatoms. The first-order valence-electron chi connectivity index (χ1n) is 11.2. The SMILES string of the molecule is O=C(O)CC1SC(c2ccc(OCc3ccccc3)cc2)c2c(n[nH]c2-c2ccccc2)NC1=O. The molecule has 0 spiro atoms. The third kappa shape index (κ3) is 5.07. The first kappa shape index (κ1) is 22.7. The maximum absolute atomic E-state index is 12.8. The van der Waals surface area contributed by atoms with Crippen molar-refractivity contribution in [2.24, 2.45) is 0 Å². The van der Waals surface area contributed by atoms with Crippen molar-refractivity contribution in [1.29, 1.82) is 0 Å². The Labute approximate surface area is 206 Å². The van der Waals surface area contributed by atoms with Crippen LogP contribution in [0.4, 0.5) is 5.82 Å². The summed E-state index contributed by atoms with van der Waals surface area (Å²) in [6.45, 7) is 0.460. The largest absolute Gasteiger partial charge is 0.489 e. The highest BCUT2D eigenvalue weighted by atomic mass is 32.2. The number of carboxylic acid groups (broad SMARTS) is 1. The number of anilines is 1. The summed E-state index contributed by atoms with van der Waals surface area (Å²) in [5, 5.41) is 18.6. The molecule has 2 atom stereocenters. The van der Waals surface area contributed by atoms with Crippen LogP contribution in [0.25, 0.3) is 11.3 Å². The van der Waals surface area contributed by atoms with Crippen LogP contribution in [0.5, 0.6) is 5.75 Å². The molecular formula is C27H23N3O4S. The topological polar surface area (TPSA) is 104 Å². The van der Waals surface area contributed by atoms with E-state index in [0.717, 1.165) is 33.7 Å². The fraction of sp³-hybridized carbons (Fsp3) is 0.148. The number of amides is 1. The molecule has 0 bridgehead atoms. The number of H-pyrrole nitrogens is 1. The molecule has 1 amide bonds. The first-order valence-corrected chi connectivity index (χ1v) is 12.1. The van der Waals surface area contributed by atoms with Crippen molar-refractivity contribution < 1.29 is 19.4 Å². The summed E-state index contributed by atoms with van der Waals surface area (Å²) < 4.78 is 5.93. The van der Waals surface area contributed by atoms with E-state index in [-0.39, 0.29) is 17.6 Å². The van der Waals surface area contributed by atoms with E-state index in [9.17, 15) is 14.7 Å². The number of carbonyl (C=O) groups is 2. The molecule has 0 fully saturated rings. The average Bonchev–Trinajstić information content (AvgIpc) is 3.24. The fourth-order valence-corrected chi connectivity index (χ4v) is 5.47. The molecule has 2 unspecified atom stereocenters. The van der Waals surface area contributed by atoms with Crippen molar-refractivity contribution in [3.63, 3.8) is 0 Å². The van der Waals surface area contributed by atoms with Gasteiger partial charge in [0.1, 0.15) is 12.4 Å². The maximum atomic E-state index is 12.8. The Morgan fingerprint density at radius 3 is 2.34 bits per heavy atom. The van der Waals surface area contributed by atoms with Gasteiger partial charge in [0.25, 0.3) is 0 Å². The van der Waals surface area contributed by atoms with Gasteiger partial charge in [0.2, 0.25) is 5.91 Å². The van der Waals surface area contributed by atoms with Crippen LogP contribution in [0.15, 0.2) is 84.9 Å². The van der Waals surface area contributed by atoms with Gasteiger partial charge in [0, 0.05) is 5.56 Å². The number of hydrogen-bond acceptors (Lipinski definition) is 5. The lowest BCUT2D eigenvalue weighted by Crippen LogP contribution is -2.26. The molecule has 1 aromatic heterocycles. The van der Waals surface area contributed by atoms with Crippen LogP contribution < -0.4 is 10.1 Å². The van der Waals surface area contributed by atoms with Gasteiger partial charge in [0.15, 0.2) is 5.82 Å². The average molecular weight is 486 g/mol. The molecule has 1 aliphatic heterocycles. The standard InChI is InChI=1S/C27H23N3O4S/c31-22(32)15-21-27(33)28-26-23(24(29-30-26)18-9-5-2-6-10-18)25(35-21)19-11-13-20(14-12-19)34-16-17-7-3-1-4-8-17/h1-14,21,25H,15-16H2,(H,31,32)(H2,28,29,30,33). The minimum atomic E-state index is -1.02. The summed E-state index contributed by atoms with van der Waals surface area (Å²) in [6, 6.07) is 27.4. The van der Waals surface area contributed by atoms with Crippen LogP contribution in [0.3, 0.4) is 0 Å². The number of ether oxygens (including phenoxy) is 1. The Hall–Kier alpha value is -4.04. The maximum Gasteiger partial charge on any atom is 0.305 e. The molecule has 3 N–H and O–H groups in total. The van der Waals surface area contributed by atoms with Crippen LogP contribution in [-0.2, 0) is 16.2 Å². The van der Waals surface area contributed by atoms with Crippen LogP contribution in [-0.4, -0.2) is 32.4 Å². The summed E-state index contributed by atoms with van der Waals surface area (Å²) in [7, 11) is 0. The number of carbonyl (C=O) groups excluding carboxylic acids is 1. The lowest BCUT2D eigenvalue weighted by Gasteiger charge is -2.20. The molecule has 0 radical (unpaired) electrons. The number of hydrogen-bond donors (Lipinski definition) is 3. The van der Waals surface area contributed by atoms with Crippen LogP contribution in [0.1, 0.15) is 28.4 Å². The van der Waals surface area contributed by atoms with E-state index in [4.69, 9.17) is 4.74 Å². The van der Waals surface area contributed by atoms with Gasteiger partial charge < -0.3 is 15.2 Å². The lowest BCUT2D eigenvalue weighted by atomic mass is 10.00. The normalized spacial score (nSPS) is 17.2. The molecule has 4 aromatic rings. The quantitative estimate of drug-likeness (QED) is 0.329. The first-order chi connectivity index (χ1) is 17.1. The number of fused-ring (bicyclic) bond motifs is 1. The third-order valence-electron chi connectivity index (χ3n) is 5.75. The zero-order valence-electron chi connectivity index (χ0n) is 18.7. The summed E-state index contributed by atoms with van der Waals surface area (Å²) in [5.41, 5.74) is 4.54. The Morgan fingerprint density at radius 2 is 1.66 bits per heavy atom. The zero-order chi connectivity index (χ0) is 24.2. The minimum absolute atomic E-state index is 0.278. The predicted octanol–water partition coefficient (Wildman–Crippen LogP) is 5.27. The molecule has 5 rings (SSSR count). The molecule has 35 heavy (non-hydrogen) atoms. The molecule has 3 aromatic carbocycles. The van der Waals surface area contributed by atoms with Gasteiger partial charge in [-0.3, -0.25) is 14.7 Å². The van der Waals surface area contributed by atoms with E-state index in [0.29, 0.717) is 12.4 Å². The highest BCUT2D eigenvalue weighted by molar-refractivity contribution is 8.01. The monoisotopic (exact) mass is 485 g/mol. The number of aliphatic carboxylic acids is 1. The Bertz CT molecular complexity index is 1320. The summed E-state index contributed by atoms with van der Waals surface area (Å²) >= 11 is 1.32. The summed E-state index contributed by atoms with van der Waals surface area (Å²) in [4.78, 5) is 24.3. The van der Waals surface area contributed by atoms with Crippen molar-refractivity contribution in [2.75, 3.05) is 5.32 Å². The van der Waals surface area contributed by atoms with Gasteiger partial charge in [-0.2, -0.15) is 5.10 Å². The minimum Gasteiger partial charge on any atom is -0.489 e. The number of aromatic amines is 1.